The molecule has 1 unspecified atom stereocenters. The van der Waals surface area contributed by atoms with E-state index in [9.17, 15) is 0 Å². The Hall–Kier alpha value is -0.500. The Morgan fingerprint density at radius 3 is 2.22 bits per heavy atom. The minimum atomic E-state index is 0.481. The third-order valence-electron chi connectivity index (χ3n) is 3.29. The summed E-state index contributed by atoms with van der Waals surface area (Å²) in [5, 5.41) is 0. The lowest BCUT2D eigenvalue weighted by atomic mass is 10.0. The van der Waals surface area contributed by atoms with Gasteiger partial charge in [-0.1, -0.05) is 73.5 Å². The highest BCUT2D eigenvalue weighted by Gasteiger charge is 2.06. The van der Waals surface area contributed by atoms with Crippen molar-refractivity contribution in [3.05, 3.63) is 29.8 Å². The van der Waals surface area contributed by atoms with Gasteiger partial charge < -0.3 is 4.74 Å². The fraction of sp³-hybridized carbons (Fsp3) is 0.625. The second-order valence-corrected chi connectivity index (χ2v) is 5.90. The van der Waals surface area contributed by atoms with Crippen LogP contribution < -0.4 is 4.74 Å². The lowest BCUT2D eigenvalue weighted by Gasteiger charge is -2.10. The van der Waals surface area contributed by atoms with E-state index in [0.29, 0.717) is 4.83 Å². The Bertz CT molecular complexity index is 307. The number of benzene rings is 1. The summed E-state index contributed by atoms with van der Waals surface area (Å²) >= 11 is 3.77. The van der Waals surface area contributed by atoms with E-state index < -0.39 is 0 Å². The summed E-state index contributed by atoms with van der Waals surface area (Å²) in [5.41, 5.74) is 1.35. The van der Waals surface area contributed by atoms with Gasteiger partial charge in [0, 0.05) is 4.83 Å². The number of hydrogen-bond acceptors (Lipinski definition) is 1. The Morgan fingerprint density at radius 2 is 1.61 bits per heavy atom. The molecule has 0 aliphatic heterocycles. The van der Waals surface area contributed by atoms with Gasteiger partial charge in [-0.2, -0.15) is 0 Å². The lowest BCUT2D eigenvalue weighted by molar-refractivity contribution is 0.414. The van der Waals surface area contributed by atoms with Crippen molar-refractivity contribution in [2.75, 3.05) is 7.11 Å². The molecule has 1 nitrogen and oxygen atoms in total. The third-order valence-corrected chi connectivity index (χ3v) is 4.28. The average molecular weight is 313 g/mol. The second-order valence-electron chi connectivity index (χ2n) is 4.80. The van der Waals surface area contributed by atoms with E-state index in [1.807, 2.05) is 12.1 Å². The number of ether oxygens (including phenoxy) is 1. The topological polar surface area (TPSA) is 9.23 Å². The van der Waals surface area contributed by atoms with Gasteiger partial charge in [0.25, 0.3) is 0 Å². The van der Waals surface area contributed by atoms with Gasteiger partial charge >= 0.3 is 0 Å². The first kappa shape index (κ1) is 15.6. The molecule has 0 bridgehead atoms. The van der Waals surface area contributed by atoms with E-state index in [4.69, 9.17) is 4.74 Å². The highest BCUT2D eigenvalue weighted by Crippen LogP contribution is 2.29. The molecule has 1 atom stereocenters. The maximum absolute atomic E-state index is 5.17. The molecule has 102 valence electrons. The number of methoxy groups -OCH3 is 1. The molecular formula is C16H25BrO. The Kier molecular flexibility index (Phi) is 8.15. The molecule has 1 rings (SSSR count). The van der Waals surface area contributed by atoms with Crippen molar-refractivity contribution in [3.8, 4) is 5.75 Å². The van der Waals surface area contributed by atoms with E-state index in [0.717, 1.165) is 5.75 Å². The molecule has 0 heterocycles. The highest BCUT2D eigenvalue weighted by molar-refractivity contribution is 9.09. The van der Waals surface area contributed by atoms with Crippen molar-refractivity contribution in [1.29, 1.82) is 0 Å². The van der Waals surface area contributed by atoms with Crippen molar-refractivity contribution in [2.24, 2.45) is 0 Å². The number of hydrogen-bond donors (Lipinski definition) is 0. The predicted molar refractivity (Wildman–Crippen MR) is 82.7 cm³/mol. The maximum Gasteiger partial charge on any atom is 0.118 e. The Labute approximate surface area is 120 Å². The van der Waals surface area contributed by atoms with Gasteiger partial charge in [0.15, 0.2) is 0 Å². The zero-order chi connectivity index (χ0) is 13.2. The van der Waals surface area contributed by atoms with Gasteiger partial charge in [-0.3, -0.25) is 0 Å². The second kappa shape index (κ2) is 9.43. The van der Waals surface area contributed by atoms with Gasteiger partial charge in [0.1, 0.15) is 5.75 Å². The summed E-state index contributed by atoms with van der Waals surface area (Å²) in [4.78, 5) is 0.481. The van der Waals surface area contributed by atoms with Crippen molar-refractivity contribution in [1.82, 2.24) is 0 Å². The summed E-state index contributed by atoms with van der Waals surface area (Å²) in [6.45, 7) is 2.26. The van der Waals surface area contributed by atoms with Gasteiger partial charge in [0.05, 0.1) is 7.11 Å². The van der Waals surface area contributed by atoms with E-state index in [2.05, 4.69) is 35.0 Å². The summed E-state index contributed by atoms with van der Waals surface area (Å²) in [6.07, 6.45) is 9.38. The number of halogens is 1. The number of unbranched alkanes of at least 4 members (excludes halogenated alkanes) is 5. The minimum Gasteiger partial charge on any atom is -0.497 e. The van der Waals surface area contributed by atoms with Crippen molar-refractivity contribution < 1.29 is 4.74 Å². The number of rotatable bonds is 9. The summed E-state index contributed by atoms with van der Waals surface area (Å²) in [7, 11) is 1.71. The molecule has 0 aromatic heterocycles. The molecule has 0 amide bonds. The van der Waals surface area contributed by atoms with E-state index in [1.165, 1.54) is 50.5 Å². The Balaban J connectivity index is 2.21. The van der Waals surface area contributed by atoms with Crippen LogP contribution in [0.3, 0.4) is 0 Å². The first-order valence-electron chi connectivity index (χ1n) is 7.06. The zero-order valence-corrected chi connectivity index (χ0v) is 13.2. The zero-order valence-electron chi connectivity index (χ0n) is 11.6. The van der Waals surface area contributed by atoms with Crippen LogP contribution in [-0.4, -0.2) is 7.11 Å². The fourth-order valence-corrected chi connectivity index (χ4v) is 2.71. The van der Waals surface area contributed by atoms with Crippen LogP contribution in [0.1, 0.15) is 62.3 Å². The van der Waals surface area contributed by atoms with Gasteiger partial charge in [-0.05, 0) is 24.1 Å². The highest BCUT2D eigenvalue weighted by atomic mass is 79.9. The molecule has 0 aliphatic rings. The van der Waals surface area contributed by atoms with Crippen LogP contribution in [0.15, 0.2) is 24.3 Å². The molecule has 0 saturated heterocycles. The van der Waals surface area contributed by atoms with Crippen LogP contribution in [0.2, 0.25) is 0 Å². The standard InChI is InChI=1S/C16H25BrO/c1-3-4-5-6-7-8-9-16(17)14-10-12-15(18-2)13-11-14/h10-13,16H,3-9H2,1-2H3. The quantitative estimate of drug-likeness (QED) is 0.408. The SMILES string of the molecule is CCCCCCCCC(Br)c1ccc(OC)cc1. The summed E-state index contributed by atoms with van der Waals surface area (Å²) < 4.78 is 5.17. The molecular weight excluding hydrogens is 288 g/mol. The first-order chi connectivity index (χ1) is 8.77. The minimum absolute atomic E-state index is 0.481. The summed E-state index contributed by atoms with van der Waals surface area (Å²) in [6, 6.07) is 8.36. The predicted octanol–water partition coefficient (Wildman–Crippen LogP) is 5.88. The van der Waals surface area contributed by atoms with Gasteiger partial charge in [-0.15, -0.1) is 0 Å². The van der Waals surface area contributed by atoms with E-state index in [1.54, 1.807) is 7.11 Å². The molecule has 0 radical (unpaired) electrons. The van der Waals surface area contributed by atoms with Crippen LogP contribution >= 0.6 is 15.9 Å². The Morgan fingerprint density at radius 1 is 1.00 bits per heavy atom. The van der Waals surface area contributed by atoms with Crippen LogP contribution in [0, 0.1) is 0 Å². The van der Waals surface area contributed by atoms with Crippen LogP contribution in [-0.2, 0) is 0 Å². The van der Waals surface area contributed by atoms with Crippen molar-refractivity contribution in [3.63, 3.8) is 0 Å². The van der Waals surface area contributed by atoms with Crippen molar-refractivity contribution >= 4 is 15.9 Å². The van der Waals surface area contributed by atoms with Crippen molar-refractivity contribution in [2.45, 2.75) is 56.7 Å². The lowest BCUT2D eigenvalue weighted by Crippen LogP contribution is -1.91. The number of alkyl halides is 1. The molecule has 0 spiro atoms. The average Bonchev–Trinajstić information content (AvgIpc) is 2.42. The van der Waals surface area contributed by atoms with Crippen LogP contribution in [0.5, 0.6) is 5.75 Å². The van der Waals surface area contributed by atoms with Gasteiger partial charge in [0.2, 0.25) is 0 Å². The summed E-state index contributed by atoms with van der Waals surface area (Å²) in [5.74, 6) is 0.929. The molecule has 0 N–H and O–H groups in total. The monoisotopic (exact) mass is 312 g/mol. The van der Waals surface area contributed by atoms with Gasteiger partial charge in [-0.25, -0.2) is 0 Å². The molecule has 18 heavy (non-hydrogen) atoms. The molecule has 2 heteroatoms. The first-order valence-corrected chi connectivity index (χ1v) is 7.97. The van der Waals surface area contributed by atoms with E-state index in [-0.39, 0.29) is 0 Å². The van der Waals surface area contributed by atoms with Crippen LogP contribution in [0.4, 0.5) is 0 Å². The maximum atomic E-state index is 5.17. The fourth-order valence-electron chi connectivity index (χ4n) is 2.08. The largest absolute Gasteiger partial charge is 0.497 e. The molecule has 0 aliphatic carbocycles. The smallest absolute Gasteiger partial charge is 0.118 e. The molecule has 1 aromatic carbocycles. The third kappa shape index (κ3) is 5.90. The molecule has 0 saturated carbocycles. The molecule has 0 fully saturated rings. The normalized spacial score (nSPS) is 12.4. The van der Waals surface area contributed by atoms with Crippen LogP contribution in [0.25, 0.3) is 0 Å². The molecule has 1 aromatic rings. The van der Waals surface area contributed by atoms with E-state index >= 15 is 0 Å².